The Hall–Kier alpha value is -2.65. The Morgan fingerprint density at radius 2 is 1.71 bits per heavy atom. The van der Waals surface area contributed by atoms with E-state index in [9.17, 15) is 26.4 Å². The summed E-state index contributed by atoms with van der Waals surface area (Å²) >= 11 is 0. The van der Waals surface area contributed by atoms with Crippen LogP contribution in [0.25, 0.3) is 10.9 Å². The number of fused-ring (bicyclic) bond motifs is 1. The van der Waals surface area contributed by atoms with Gasteiger partial charge in [0.1, 0.15) is 0 Å². The SMILES string of the molecule is O=c1cc(C(F)(F)F)c2cc(S(=O)(=O)NCCCc3ccccc3)ccc2[nH]1. The fourth-order valence-corrected chi connectivity index (χ4v) is 3.96. The number of alkyl halides is 3. The molecular weight excluding hydrogens is 393 g/mol. The number of H-pyrrole nitrogens is 1. The maximum atomic E-state index is 13.2. The van der Waals surface area contributed by atoms with E-state index >= 15 is 0 Å². The first kappa shape index (κ1) is 20.1. The Bertz CT molecular complexity index is 1140. The molecular formula is C19H17F3N2O3S. The largest absolute Gasteiger partial charge is 0.417 e. The number of hydrogen-bond acceptors (Lipinski definition) is 3. The zero-order chi connectivity index (χ0) is 20.4. The molecule has 0 aliphatic carbocycles. The molecule has 0 aliphatic heterocycles. The quantitative estimate of drug-likeness (QED) is 0.611. The molecule has 28 heavy (non-hydrogen) atoms. The van der Waals surface area contributed by atoms with Gasteiger partial charge in [-0.2, -0.15) is 13.2 Å². The van der Waals surface area contributed by atoms with E-state index < -0.39 is 27.3 Å². The lowest BCUT2D eigenvalue weighted by atomic mass is 10.1. The van der Waals surface area contributed by atoms with Crippen LogP contribution in [0.1, 0.15) is 17.5 Å². The number of rotatable bonds is 6. The second kappa shape index (κ2) is 7.76. The molecule has 1 aromatic heterocycles. The van der Waals surface area contributed by atoms with Crippen molar-refractivity contribution in [2.75, 3.05) is 6.54 Å². The van der Waals surface area contributed by atoms with Crippen LogP contribution in [0.2, 0.25) is 0 Å². The highest BCUT2D eigenvalue weighted by Gasteiger charge is 2.33. The Kier molecular flexibility index (Phi) is 5.57. The van der Waals surface area contributed by atoms with Crippen molar-refractivity contribution in [2.45, 2.75) is 23.9 Å². The standard InChI is InChI=1S/C19H17F3N2O3S/c20-19(21,22)16-12-18(25)24-17-9-8-14(11-15(16)17)28(26,27)23-10-4-7-13-5-2-1-3-6-13/h1-3,5-6,8-9,11-12,23H,4,7,10H2,(H,24,25). The average Bonchev–Trinajstić information content (AvgIpc) is 2.64. The molecule has 9 heteroatoms. The highest BCUT2D eigenvalue weighted by atomic mass is 32.2. The minimum atomic E-state index is -4.78. The van der Waals surface area contributed by atoms with Crippen molar-refractivity contribution < 1.29 is 21.6 Å². The van der Waals surface area contributed by atoms with Gasteiger partial charge in [0.25, 0.3) is 0 Å². The van der Waals surface area contributed by atoms with Gasteiger partial charge < -0.3 is 4.98 Å². The van der Waals surface area contributed by atoms with Crippen molar-refractivity contribution in [1.29, 1.82) is 0 Å². The van der Waals surface area contributed by atoms with E-state index in [0.717, 1.165) is 23.8 Å². The van der Waals surface area contributed by atoms with Crippen molar-refractivity contribution >= 4 is 20.9 Å². The van der Waals surface area contributed by atoms with Gasteiger partial charge in [0.15, 0.2) is 0 Å². The van der Waals surface area contributed by atoms with E-state index in [1.165, 1.54) is 0 Å². The predicted octanol–water partition coefficient (Wildman–Crippen LogP) is 3.46. The van der Waals surface area contributed by atoms with E-state index in [1.54, 1.807) is 0 Å². The maximum Gasteiger partial charge on any atom is 0.417 e. The summed E-state index contributed by atoms with van der Waals surface area (Å²) in [6.07, 6.45) is -3.57. The summed E-state index contributed by atoms with van der Waals surface area (Å²) in [4.78, 5) is 13.4. The van der Waals surface area contributed by atoms with Gasteiger partial charge in [0.05, 0.1) is 10.5 Å². The molecule has 0 radical (unpaired) electrons. The minimum absolute atomic E-state index is 0.0807. The van der Waals surface area contributed by atoms with Gasteiger partial charge in [0, 0.05) is 23.5 Å². The van der Waals surface area contributed by atoms with Crippen molar-refractivity contribution in [3.63, 3.8) is 0 Å². The molecule has 3 aromatic rings. The van der Waals surface area contributed by atoms with E-state index in [0.29, 0.717) is 18.9 Å². The molecule has 148 valence electrons. The molecule has 0 bridgehead atoms. The third kappa shape index (κ3) is 4.60. The number of hydrogen-bond donors (Lipinski definition) is 2. The summed E-state index contributed by atoms with van der Waals surface area (Å²) in [5, 5.41) is -0.376. The molecule has 3 rings (SSSR count). The highest BCUT2D eigenvalue weighted by molar-refractivity contribution is 7.89. The van der Waals surface area contributed by atoms with Crippen LogP contribution in [0.5, 0.6) is 0 Å². The van der Waals surface area contributed by atoms with Gasteiger partial charge >= 0.3 is 6.18 Å². The van der Waals surface area contributed by atoms with E-state index in [4.69, 9.17) is 0 Å². The van der Waals surface area contributed by atoms with Gasteiger partial charge in [-0.25, -0.2) is 13.1 Å². The van der Waals surface area contributed by atoms with Crippen LogP contribution in [0.3, 0.4) is 0 Å². The third-order valence-corrected chi connectivity index (χ3v) is 5.67. The zero-order valence-electron chi connectivity index (χ0n) is 14.6. The van der Waals surface area contributed by atoms with Gasteiger partial charge in [-0.05, 0) is 36.6 Å². The molecule has 0 aliphatic rings. The van der Waals surface area contributed by atoms with Crippen LogP contribution in [-0.2, 0) is 22.6 Å². The summed E-state index contributed by atoms with van der Waals surface area (Å²) in [6.45, 7) is 0.146. The van der Waals surface area contributed by atoms with Gasteiger partial charge in [0.2, 0.25) is 15.6 Å². The lowest BCUT2D eigenvalue weighted by molar-refractivity contribution is -0.136. The first-order chi connectivity index (χ1) is 13.2. The fraction of sp³-hybridized carbons (Fsp3) is 0.211. The number of benzene rings is 2. The molecule has 2 N–H and O–H groups in total. The van der Waals surface area contributed by atoms with Crippen LogP contribution < -0.4 is 10.3 Å². The van der Waals surface area contributed by atoms with Crippen molar-refractivity contribution in [3.05, 3.63) is 76.1 Å². The highest BCUT2D eigenvalue weighted by Crippen LogP contribution is 2.34. The van der Waals surface area contributed by atoms with Crippen LogP contribution in [-0.4, -0.2) is 19.9 Å². The molecule has 0 spiro atoms. The number of aryl methyl sites for hydroxylation is 1. The van der Waals surface area contributed by atoms with Crippen LogP contribution >= 0.6 is 0 Å². The molecule has 1 heterocycles. The number of sulfonamides is 1. The minimum Gasteiger partial charge on any atom is -0.322 e. The Balaban J connectivity index is 1.81. The predicted molar refractivity (Wildman–Crippen MR) is 99.5 cm³/mol. The van der Waals surface area contributed by atoms with Crippen molar-refractivity contribution in [2.24, 2.45) is 0 Å². The second-order valence-corrected chi connectivity index (χ2v) is 8.01. The lowest BCUT2D eigenvalue weighted by Crippen LogP contribution is -2.25. The van der Waals surface area contributed by atoms with Crippen molar-refractivity contribution in [3.8, 4) is 0 Å². The van der Waals surface area contributed by atoms with Gasteiger partial charge in [-0.3, -0.25) is 4.79 Å². The number of halogens is 3. The van der Waals surface area contributed by atoms with Crippen LogP contribution in [0.15, 0.2) is 64.3 Å². The summed E-state index contributed by atoms with van der Waals surface area (Å²) < 4.78 is 67.0. The second-order valence-electron chi connectivity index (χ2n) is 6.24. The number of aromatic nitrogens is 1. The molecule has 0 saturated carbocycles. The molecule has 0 amide bonds. The average molecular weight is 410 g/mol. The molecule has 2 aromatic carbocycles. The van der Waals surface area contributed by atoms with E-state index in [-0.39, 0.29) is 22.3 Å². The summed E-state index contributed by atoms with van der Waals surface area (Å²) in [5.74, 6) is 0. The molecule has 0 saturated heterocycles. The van der Waals surface area contributed by atoms with E-state index in [2.05, 4.69) is 9.71 Å². The summed E-state index contributed by atoms with van der Waals surface area (Å²) in [6, 6.07) is 13.2. The lowest BCUT2D eigenvalue weighted by Gasteiger charge is -2.12. The third-order valence-electron chi connectivity index (χ3n) is 4.21. The smallest absolute Gasteiger partial charge is 0.322 e. The topological polar surface area (TPSA) is 79.0 Å². The zero-order valence-corrected chi connectivity index (χ0v) is 15.4. The Morgan fingerprint density at radius 1 is 1.00 bits per heavy atom. The first-order valence-corrected chi connectivity index (χ1v) is 9.93. The van der Waals surface area contributed by atoms with Crippen LogP contribution in [0.4, 0.5) is 13.2 Å². The van der Waals surface area contributed by atoms with Gasteiger partial charge in [-0.15, -0.1) is 0 Å². The Labute approximate surface area is 159 Å². The molecule has 0 atom stereocenters. The maximum absolute atomic E-state index is 13.2. The summed E-state index contributed by atoms with van der Waals surface area (Å²) in [7, 11) is -3.99. The molecule has 0 fully saturated rings. The Morgan fingerprint density at radius 3 is 2.39 bits per heavy atom. The molecule has 5 nitrogen and oxygen atoms in total. The normalized spacial score (nSPS) is 12.4. The van der Waals surface area contributed by atoms with Crippen LogP contribution in [0, 0.1) is 0 Å². The van der Waals surface area contributed by atoms with Gasteiger partial charge in [-0.1, -0.05) is 30.3 Å². The number of aromatic amines is 1. The monoisotopic (exact) mass is 410 g/mol. The van der Waals surface area contributed by atoms with E-state index in [1.807, 2.05) is 30.3 Å². The number of pyridine rings is 1. The number of nitrogens with one attached hydrogen (secondary N) is 2. The summed E-state index contributed by atoms with van der Waals surface area (Å²) in [5.41, 5.74) is -1.10. The first-order valence-electron chi connectivity index (χ1n) is 8.45. The molecule has 0 unspecified atom stereocenters. The van der Waals surface area contributed by atoms with Crippen molar-refractivity contribution in [1.82, 2.24) is 9.71 Å². The fourth-order valence-electron chi connectivity index (χ4n) is 2.86.